The summed E-state index contributed by atoms with van der Waals surface area (Å²) < 4.78 is 30.2. The molecule has 1 aromatic rings. The maximum atomic E-state index is 12.0. The maximum Gasteiger partial charge on any atom is 0.242 e. The quantitative estimate of drug-likeness (QED) is 0.835. The van der Waals surface area contributed by atoms with Gasteiger partial charge < -0.3 is 9.84 Å². The molecule has 0 unspecified atom stereocenters. The lowest BCUT2D eigenvalue weighted by atomic mass is 10.1. The molecule has 17 heavy (non-hydrogen) atoms. The van der Waals surface area contributed by atoms with Crippen molar-refractivity contribution >= 4 is 10.0 Å². The Morgan fingerprint density at radius 3 is 2.47 bits per heavy atom. The molecule has 0 atom stereocenters. The van der Waals surface area contributed by atoms with Crippen molar-refractivity contribution < 1.29 is 18.3 Å². The van der Waals surface area contributed by atoms with Crippen LogP contribution in [0.5, 0.6) is 5.75 Å². The monoisotopic (exact) mass is 259 g/mol. The Morgan fingerprint density at radius 1 is 1.35 bits per heavy atom. The van der Waals surface area contributed by atoms with E-state index in [2.05, 4.69) is 0 Å². The molecule has 0 fully saturated rings. The van der Waals surface area contributed by atoms with Crippen LogP contribution in [0.1, 0.15) is 5.56 Å². The van der Waals surface area contributed by atoms with Gasteiger partial charge >= 0.3 is 0 Å². The van der Waals surface area contributed by atoms with Gasteiger partial charge in [-0.15, -0.1) is 0 Å². The van der Waals surface area contributed by atoms with Crippen LogP contribution in [0.4, 0.5) is 0 Å². The van der Waals surface area contributed by atoms with E-state index < -0.39 is 10.0 Å². The van der Waals surface area contributed by atoms with E-state index in [-0.39, 0.29) is 17.9 Å². The fraction of sp³-hybridized carbons (Fsp3) is 0.455. The highest BCUT2D eigenvalue weighted by atomic mass is 32.2. The average Bonchev–Trinajstić information content (AvgIpc) is 2.28. The molecule has 1 rings (SSSR count). The Kier molecular flexibility index (Phi) is 4.50. The van der Waals surface area contributed by atoms with Crippen molar-refractivity contribution in [3.8, 4) is 5.75 Å². The first-order chi connectivity index (χ1) is 7.93. The molecule has 6 heteroatoms. The third kappa shape index (κ3) is 2.96. The highest BCUT2D eigenvalue weighted by molar-refractivity contribution is 7.89. The highest BCUT2D eigenvalue weighted by Gasteiger charge is 2.21. The first-order valence-corrected chi connectivity index (χ1v) is 6.57. The van der Waals surface area contributed by atoms with E-state index in [1.165, 1.54) is 27.3 Å². The standard InChI is InChI=1S/C11H17NO4S/c1-12(2)17(14,15)11-5-4-10(16-3)8-9(11)6-7-13/h4-5,8,13H,6-7H2,1-3H3. The maximum absolute atomic E-state index is 12.0. The van der Waals surface area contributed by atoms with Gasteiger partial charge in [0.05, 0.1) is 12.0 Å². The number of ether oxygens (including phenoxy) is 1. The molecule has 1 N–H and O–H groups in total. The summed E-state index contributed by atoms with van der Waals surface area (Å²) in [6.07, 6.45) is 0.277. The number of aliphatic hydroxyl groups excluding tert-OH is 1. The number of nitrogens with zero attached hydrogens (tertiary/aromatic N) is 1. The van der Waals surface area contributed by atoms with Gasteiger partial charge in [0.1, 0.15) is 5.75 Å². The van der Waals surface area contributed by atoms with Crippen LogP contribution in [0.15, 0.2) is 23.1 Å². The number of benzene rings is 1. The normalized spacial score (nSPS) is 11.8. The smallest absolute Gasteiger partial charge is 0.242 e. The zero-order valence-corrected chi connectivity index (χ0v) is 11.0. The average molecular weight is 259 g/mol. The molecule has 0 bridgehead atoms. The van der Waals surface area contributed by atoms with Crippen molar-refractivity contribution in [2.24, 2.45) is 0 Å². The predicted molar refractivity (Wildman–Crippen MR) is 64.7 cm³/mol. The van der Waals surface area contributed by atoms with Gasteiger partial charge in [-0.3, -0.25) is 0 Å². The number of methoxy groups -OCH3 is 1. The van der Waals surface area contributed by atoms with Gasteiger partial charge in [0.15, 0.2) is 0 Å². The SMILES string of the molecule is COc1ccc(S(=O)(=O)N(C)C)c(CCO)c1. The van der Waals surface area contributed by atoms with Crippen LogP contribution < -0.4 is 4.74 Å². The molecule has 0 saturated carbocycles. The van der Waals surface area contributed by atoms with Crippen molar-refractivity contribution in [2.75, 3.05) is 27.8 Å². The lowest BCUT2D eigenvalue weighted by Gasteiger charge is -2.15. The van der Waals surface area contributed by atoms with E-state index in [9.17, 15) is 8.42 Å². The molecule has 0 aliphatic rings. The first kappa shape index (κ1) is 14.0. The molecule has 1 aromatic carbocycles. The Morgan fingerprint density at radius 2 is 2.00 bits per heavy atom. The molecule has 0 saturated heterocycles. The Bertz CT molecular complexity index is 482. The second kappa shape index (κ2) is 5.48. The van der Waals surface area contributed by atoms with Crippen molar-refractivity contribution in [1.82, 2.24) is 4.31 Å². The fourth-order valence-electron chi connectivity index (χ4n) is 1.45. The Balaban J connectivity index is 3.33. The van der Waals surface area contributed by atoms with E-state index in [1.807, 2.05) is 0 Å². The van der Waals surface area contributed by atoms with Crippen LogP contribution in [-0.2, 0) is 16.4 Å². The summed E-state index contributed by atoms with van der Waals surface area (Å²) in [5, 5.41) is 8.96. The van der Waals surface area contributed by atoms with Crippen molar-refractivity contribution in [2.45, 2.75) is 11.3 Å². The van der Waals surface area contributed by atoms with Gasteiger partial charge in [-0.1, -0.05) is 0 Å². The second-order valence-corrected chi connectivity index (χ2v) is 5.85. The molecule has 5 nitrogen and oxygen atoms in total. The number of hydrogen-bond acceptors (Lipinski definition) is 4. The van der Waals surface area contributed by atoms with E-state index in [0.29, 0.717) is 11.3 Å². The minimum Gasteiger partial charge on any atom is -0.497 e. The van der Waals surface area contributed by atoms with E-state index in [1.54, 1.807) is 12.1 Å². The fourth-order valence-corrected chi connectivity index (χ4v) is 2.57. The van der Waals surface area contributed by atoms with Crippen LogP contribution >= 0.6 is 0 Å². The molecule has 0 aliphatic heterocycles. The predicted octanol–water partition coefficient (Wildman–Crippen LogP) is 0.480. The largest absolute Gasteiger partial charge is 0.497 e. The van der Waals surface area contributed by atoms with Crippen LogP contribution in [0, 0.1) is 0 Å². The first-order valence-electron chi connectivity index (χ1n) is 5.13. The van der Waals surface area contributed by atoms with Crippen molar-refractivity contribution in [3.63, 3.8) is 0 Å². The zero-order chi connectivity index (χ0) is 13.1. The van der Waals surface area contributed by atoms with Gasteiger partial charge in [-0.2, -0.15) is 0 Å². The lowest BCUT2D eigenvalue weighted by Crippen LogP contribution is -2.23. The topological polar surface area (TPSA) is 66.8 Å². The number of rotatable bonds is 5. The molecular weight excluding hydrogens is 242 g/mol. The summed E-state index contributed by atoms with van der Waals surface area (Å²) in [4.78, 5) is 0.206. The van der Waals surface area contributed by atoms with E-state index in [0.717, 1.165) is 4.31 Å². The molecular formula is C11H17NO4S. The van der Waals surface area contributed by atoms with Gasteiger partial charge in [0, 0.05) is 20.7 Å². The molecule has 96 valence electrons. The minimum atomic E-state index is -3.49. The lowest BCUT2D eigenvalue weighted by molar-refractivity contribution is 0.298. The number of aliphatic hydroxyl groups is 1. The summed E-state index contributed by atoms with van der Waals surface area (Å²) >= 11 is 0. The van der Waals surface area contributed by atoms with Gasteiger partial charge in [-0.25, -0.2) is 12.7 Å². The van der Waals surface area contributed by atoms with Gasteiger partial charge in [-0.05, 0) is 30.2 Å². The number of sulfonamides is 1. The summed E-state index contributed by atoms with van der Waals surface area (Å²) in [5.74, 6) is 0.575. The van der Waals surface area contributed by atoms with Crippen LogP contribution in [0.25, 0.3) is 0 Å². The van der Waals surface area contributed by atoms with Crippen LogP contribution in [0.3, 0.4) is 0 Å². The molecule has 0 spiro atoms. The summed E-state index contributed by atoms with van der Waals surface area (Å²) in [7, 11) is 0.973. The second-order valence-electron chi connectivity index (χ2n) is 3.73. The van der Waals surface area contributed by atoms with Crippen molar-refractivity contribution in [3.05, 3.63) is 23.8 Å². The van der Waals surface area contributed by atoms with E-state index in [4.69, 9.17) is 9.84 Å². The molecule has 0 amide bonds. The number of hydrogen-bond donors (Lipinski definition) is 1. The molecule has 0 radical (unpaired) electrons. The van der Waals surface area contributed by atoms with Crippen LogP contribution in [-0.4, -0.2) is 45.6 Å². The summed E-state index contributed by atoms with van der Waals surface area (Å²) in [6.45, 7) is -0.108. The third-order valence-corrected chi connectivity index (χ3v) is 4.32. The molecule has 0 aliphatic carbocycles. The highest BCUT2D eigenvalue weighted by Crippen LogP contribution is 2.24. The minimum absolute atomic E-state index is 0.108. The third-order valence-electron chi connectivity index (χ3n) is 2.41. The molecule has 0 heterocycles. The molecule has 0 aromatic heterocycles. The zero-order valence-electron chi connectivity index (χ0n) is 10.2. The van der Waals surface area contributed by atoms with Gasteiger partial charge in [0.25, 0.3) is 0 Å². The summed E-state index contributed by atoms with van der Waals surface area (Å²) in [5.41, 5.74) is 0.556. The van der Waals surface area contributed by atoms with Crippen LogP contribution in [0.2, 0.25) is 0 Å². The van der Waals surface area contributed by atoms with E-state index >= 15 is 0 Å². The Labute approximate surface area is 102 Å². The Hall–Kier alpha value is -1.11. The van der Waals surface area contributed by atoms with Gasteiger partial charge in [0.2, 0.25) is 10.0 Å². The summed E-state index contributed by atoms with van der Waals surface area (Å²) in [6, 6.07) is 4.73. The van der Waals surface area contributed by atoms with Crippen molar-refractivity contribution in [1.29, 1.82) is 0 Å².